The largest absolute Gasteiger partial charge is 0.316 e. The van der Waals surface area contributed by atoms with E-state index in [1.54, 1.807) is 6.42 Å². The summed E-state index contributed by atoms with van der Waals surface area (Å²) in [6.07, 6.45) is 5.99. The Morgan fingerprint density at radius 3 is 2.64 bits per heavy atom. The average Bonchev–Trinajstić information content (AvgIpc) is 2.74. The van der Waals surface area contributed by atoms with Crippen molar-refractivity contribution in [2.45, 2.75) is 45.6 Å². The fourth-order valence-corrected chi connectivity index (χ4v) is 5.30. The van der Waals surface area contributed by atoms with E-state index in [4.69, 9.17) is 0 Å². The standard InChI is InChI=1S/C13H23N/c1-4-13(2)11-9-6-5-8(7-9)10(11)12(13)14-3/h8-12,14H,4-7H2,1-3H3. The summed E-state index contributed by atoms with van der Waals surface area (Å²) < 4.78 is 0. The maximum absolute atomic E-state index is 3.60. The lowest BCUT2D eigenvalue weighted by atomic mass is 9.46. The second-order valence-corrected chi connectivity index (χ2v) is 6.06. The molecule has 6 atom stereocenters. The Balaban J connectivity index is 1.89. The van der Waals surface area contributed by atoms with Gasteiger partial charge in [-0.3, -0.25) is 0 Å². The molecule has 0 amide bonds. The van der Waals surface area contributed by atoms with Crippen molar-refractivity contribution in [2.75, 3.05) is 7.05 Å². The minimum absolute atomic E-state index is 0.624. The van der Waals surface area contributed by atoms with Gasteiger partial charge in [-0.1, -0.05) is 13.8 Å². The molecule has 80 valence electrons. The molecule has 14 heavy (non-hydrogen) atoms. The Labute approximate surface area is 87.7 Å². The van der Waals surface area contributed by atoms with Crippen LogP contribution in [0.3, 0.4) is 0 Å². The molecule has 1 nitrogen and oxygen atoms in total. The van der Waals surface area contributed by atoms with Crippen LogP contribution in [0.15, 0.2) is 0 Å². The van der Waals surface area contributed by atoms with E-state index in [0.717, 1.165) is 29.7 Å². The smallest absolute Gasteiger partial charge is 0.0154 e. The van der Waals surface area contributed by atoms with Gasteiger partial charge in [0.25, 0.3) is 0 Å². The molecule has 2 bridgehead atoms. The van der Waals surface area contributed by atoms with Crippen LogP contribution in [-0.4, -0.2) is 13.1 Å². The lowest BCUT2D eigenvalue weighted by molar-refractivity contribution is -0.106. The first-order valence-corrected chi connectivity index (χ1v) is 6.39. The SMILES string of the molecule is CCC1(C)C(NC)C2C3CCC(C3)C21. The van der Waals surface area contributed by atoms with Crippen molar-refractivity contribution in [1.29, 1.82) is 0 Å². The van der Waals surface area contributed by atoms with Crippen molar-refractivity contribution in [3.05, 3.63) is 0 Å². The molecule has 0 aromatic rings. The maximum atomic E-state index is 3.60. The fraction of sp³-hybridized carbons (Fsp3) is 1.00. The van der Waals surface area contributed by atoms with Crippen LogP contribution in [0.5, 0.6) is 0 Å². The molecule has 0 heterocycles. The summed E-state index contributed by atoms with van der Waals surface area (Å²) in [5.41, 5.74) is 0.624. The zero-order valence-electron chi connectivity index (χ0n) is 9.72. The molecular weight excluding hydrogens is 170 g/mol. The van der Waals surface area contributed by atoms with Gasteiger partial charge < -0.3 is 5.32 Å². The van der Waals surface area contributed by atoms with Gasteiger partial charge >= 0.3 is 0 Å². The summed E-state index contributed by atoms with van der Waals surface area (Å²) in [7, 11) is 2.17. The molecule has 3 fully saturated rings. The topological polar surface area (TPSA) is 12.0 Å². The summed E-state index contributed by atoms with van der Waals surface area (Å²) in [5.74, 6) is 4.30. The molecule has 0 aromatic heterocycles. The normalized spacial score (nSPS) is 59.8. The minimum Gasteiger partial charge on any atom is -0.316 e. The predicted octanol–water partition coefficient (Wildman–Crippen LogP) is 2.67. The van der Waals surface area contributed by atoms with Crippen LogP contribution in [0.1, 0.15) is 39.5 Å². The Bertz CT molecular complexity index is 250. The second kappa shape index (κ2) is 2.75. The molecular formula is C13H23N. The van der Waals surface area contributed by atoms with Crippen LogP contribution >= 0.6 is 0 Å². The van der Waals surface area contributed by atoms with E-state index < -0.39 is 0 Å². The van der Waals surface area contributed by atoms with Crippen molar-refractivity contribution < 1.29 is 0 Å². The number of hydrogen-bond acceptors (Lipinski definition) is 1. The highest BCUT2D eigenvalue weighted by molar-refractivity contribution is 5.18. The van der Waals surface area contributed by atoms with Crippen molar-refractivity contribution in [3.63, 3.8) is 0 Å². The van der Waals surface area contributed by atoms with Gasteiger partial charge in [-0.25, -0.2) is 0 Å². The van der Waals surface area contributed by atoms with Crippen molar-refractivity contribution in [2.24, 2.45) is 29.1 Å². The van der Waals surface area contributed by atoms with Gasteiger partial charge in [-0.2, -0.15) is 0 Å². The maximum Gasteiger partial charge on any atom is 0.0154 e. The molecule has 3 saturated carbocycles. The van der Waals surface area contributed by atoms with E-state index in [0.29, 0.717) is 5.41 Å². The van der Waals surface area contributed by atoms with Crippen LogP contribution in [-0.2, 0) is 0 Å². The molecule has 3 aliphatic rings. The summed E-state index contributed by atoms with van der Waals surface area (Å²) in [6.45, 7) is 4.91. The lowest BCUT2D eigenvalue weighted by Gasteiger charge is -2.62. The Hall–Kier alpha value is -0.0400. The summed E-state index contributed by atoms with van der Waals surface area (Å²) in [4.78, 5) is 0. The number of nitrogens with one attached hydrogen (secondary N) is 1. The zero-order chi connectivity index (χ0) is 9.92. The number of fused-ring (bicyclic) bond motifs is 5. The third kappa shape index (κ3) is 0.816. The Morgan fingerprint density at radius 1 is 1.29 bits per heavy atom. The fourth-order valence-electron chi connectivity index (χ4n) is 5.30. The van der Waals surface area contributed by atoms with E-state index in [-0.39, 0.29) is 0 Å². The second-order valence-electron chi connectivity index (χ2n) is 6.06. The van der Waals surface area contributed by atoms with Crippen LogP contribution < -0.4 is 5.32 Å². The van der Waals surface area contributed by atoms with Crippen molar-refractivity contribution in [1.82, 2.24) is 5.32 Å². The molecule has 0 aromatic carbocycles. The Morgan fingerprint density at radius 2 is 2.00 bits per heavy atom. The molecule has 1 heteroatoms. The first-order chi connectivity index (χ1) is 6.72. The number of rotatable bonds is 2. The van der Waals surface area contributed by atoms with Crippen molar-refractivity contribution in [3.8, 4) is 0 Å². The first-order valence-electron chi connectivity index (χ1n) is 6.39. The van der Waals surface area contributed by atoms with Gasteiger partial charge in [0, 0.05) is 6.04 Å². The number of hydrogen-bond donors (Lipinski definition) is 1. The Kier molecular flexibility index (Phi) is 1.81. The molecule has 1 N–H and O–H groups in total. The first kappa shape index (κ1) is 9.21. The third-order valence-electron chi connectivity index (χ3n) is 5.91. The van der Waals surface area contributed by atoms with E-state index in [9.17, 15) is 0 Å². The van der Waals surface area contributed by atoms with Gasteiger partial charge in [0.2, 0.25) is 0 Å². The molecule has 0 saturated heterocycles. The lowest BCUT2D eigenvalue weighted by Crippen LogP contribution is -2.66. The van der Waals surface area contributed by atoms with E-state index in [2.05, 4.69) is 26.2 Å². The van der Waals surface area contributed by atoms with E-state index in [1.165, 1.54) is 19.3 Å². The molecule has 6 unspecified atom stereocenters. The molecule has 0 spiro atoms. The zero-order valence-corrected chi connectivity index (χ0v) is 9.72. The van der Waals surface area contributed by atoms with Crippen LogP contribution in [0.4, 0.5) is 0 Å². The molecule has 3 rings (SSSR count). The van der Waals surface area contributed by atoms with Crippen LogP contribution in [0, 0.1) is 29.1 Å². The van der Waals surface area contributed by atoms with Gasteiger partial charge in [0.15, 0.2) is 0 Å². The predicted molar refractivity (Wildman–Crippen MR) is 59.1 cm³/mol. The highest BCUT2D eigenvalue weighted by Crippen LogP contribution is 2.69. The minimum atomic E-state index is 0.624. The molecule has 0 radical (unpaired) electrons. The van der Waals surface area contributed by atoms with E-state index >= 15 is 0 Å². The van der Waals surface area contributed by atoms with Crippen LogP contribution in [0.2, 0.25) is 0 Å². The summed E-state index contributed by atoms with van der Waals surface area (Å²) in [5, 5.41) is 3.60. The highest BCUT2D eigenvalue weighted by atomic mass is 15.0. The average molecular weight is 193 g/mol. The summed E-state index contributed by atoms with van der Waals surface area (Å²) >= 11 is 0. The van der Waals surface area contributed by atoms with Crippen LogP contribution in [0.25, 0.3) is 0 Å². The van der Waals surface area contributed by atoms with E-state index in [1.807, 2.05) is 0 Å². The molecule has 3 aliphatic carbocycles. The van der Waals surface area contributed by atoms with Gasteiger partial charge in [-0.15, -0.1) is 0 Å². The van der Waals surface area contributed by atoms with Gasteiger partial charge in [0.1, 0.15) is 0 Å². The van der Waals surface area contributed by atoms with Gasteiger partial charge in [-0.05, 0) is 61.8 Å². The quantitative estimate of drug-likeness (QED) is 0.711. The highest BCUT2D eigenvalue weighted by Gasteiger charge is 2.66. The summed E-state index contributed by atoms with van der Waals surface area (Å²) in [6, 6.07) is 0.827. The van der Waals surface area contributed by atoms with Crippen molar-refractivity contribution >= 4 is 0 Å². The molecule has 0 aliphatic heterocycles. The third-order valence-corrected chi connectivity index (χ3v) is 5.91. The monoisotopic (exact) mass is 193 g/mol. The van der Waals surface area contributed by atoms with Gasteiger partial charge in [0.05, 0.1) is 0 Å².